The van der Waals surface area contributed by atoms with Gasteiger partial charge in [0, 0.05) is 5.56 Å². The molecule has 0 radical (unpaired) electrons. The summed E-state index contributed by atoms with van der Waals surface area (Å²) in [5, 5.41) is 15.2. The van der Waals surface area contributed by atoms with E-state index in [1.165, 1.54) is 11.3 Å². The molecule has 0 saturated carbocycles. The van der Waals surface area contributed by atoms with Gasteiger partial charge in [-0.2, -0.15) is 14.9 Å². The number of aromatic nitrogens is 3. The Kier molecular flexibility index (Phi) is 2.94. The van der Waals surface area contributed by atoms with E-state index in [1.807, 2.05) is 6.07 Å². The number of rotatable bonds is 1. The van der Waals surface area contributed by atoms with Gasteiger partial charge in [-0.15, -0.1) is 0 Å². The van der Waals surface area contributed by atoms with Crippen molar-refractivity contribution in [2.45, 2.75) is 6.92 Å². The summed E-state index contributed by atoms with van der Waals surface area (Å²) in [6, 6.07) is 7.41. The highest BCUT2D eigenvalue weighted by atomic mass is 35.5. The first kappa shape index (κ1) is 12.4. The number of imidazole rings is 1. The molecular formula is C12H6Cl2N4S. The average Bonchev–Trinajstić information content (AvgIpc) is 2.89. The second kappa shape index (κ2) is 4.49. The molecule has 19 heavy (non-hydrogen) atoms. The second-order valence-electron chi connectivity index (χ2n) is 3.89. The number of hydrogen-bond donors (Lipinski definition) is 0. The molecule has 0 spiro atoms. The van der Waals surface area contributed by atoms with Gasteiger partial charge in [-0.3, -0.25) is 0 Å². The average molecular weight is 309 g/mol. The van der Waals surface area contributed by atoms with Crippen molar-refractivity contribution < 1.29 is 0 Å². The van der Waals surface area contributed by atoms with Gasteiger partial charge in [-0.1, -0.05) is 40.6 Å². The van der Waals surface area contributed by atoms with Crippen LogP contribution in [-0.2, 0) is 0 Å². The SMILES string of the molecule is Cc1nc2sc(-c3ccc(Cl)c(Cl)c3)nn2c1C#N. The molecule has 0 aliphatic heterocycles. The van der Waals surface area contributed by atoms with Crippen LogP contribution >= 0.6 is 34.5 Å². The van der Waals surface area contributed by atoms with Crippen LogP contribution in [0.3, 0.4) is 0 Å². The number of benzene rings is 1. The Bertz CT molecular complexity index is 828. The third-order valence-electron chi connectivity index (χ3n) is 2.65. The molecule has 7 heteroatoms. The molecule has 2 aromatic heterocycles. The van der Waals surface area contributed by atoms with Crippen molar-refractivity contribution in [1.82, 2.24) is 14.6 Å². The number of halogens is 2. The number of aryl methyl sites for hydroxylation is 1. The Morgan fingerprint density at radius 1 is 1.32 bits per heavy atom. The van der Waals surface area contributed by atoms with Crippen molar-refractivity contribution in [1.29, 1.82) is 5.26 Å². The minimum atomic E-state index is 0.456. The van der Waals surface area contributed by atoms with Gasteiger partial charge in [-0.25, -0.2) is 4.98 Å². The summed E-state index contributed by atoms with van der Waals surface area (Å²) in [5.41, 5.74) is 1.99. The predicted molar refractivity (Wildman–Crippen MR) is 75.8 cm³/mol. The monoisotopic (exact) mass is 308 g/mol. The number of nitriles is 1. The van der Waals surface area contributed by atoms with Crippen LogP contribution in [0.15, 0.2) is 18.2 Å². The third-order valence-corrected chi connectivity index (χ3v) is 4.35. The van der Waals surface area contributed by atoms with E-state index in [0.29, 0.717) is 26.4 Å². The lowest BCUT2D eigenvalue weighted by Gasteiger charge is -1.98. The van der Waals surface area contributed by atoms with E-state index < -0.39 is 0 Å². The first-order valence-electron chi connectivity index (χ1n) is 5.32. The first-order chi connectivity index (χ1) is 9.10. The fourth-order valence-corrected chi connectivity index (χ4v) is 2.96. The van der Waals surface area contributed by atoms with Crippen LogP contribution in [0.1, 0.15) is 11.4 Å². The van der Waals surface area contributed by atoms with Crippen molar-refractivity contribution in [2.75, 3.05) is 0 Å². The fourth-order valence-electron chi connectivity index (χ4n) is 1.72. The Labute approximate surface area is 122 Å². The Hall–Kier alpha value is -1.61. The van der Waals surface area contributed by atoms with Gasteiger partial charge in [0.2, 0.25) is 4.96 Å². The van der Waals surface area contributed by atoms with E-state index in [0.717, 1.165) is 10.6 Å². The zero-order valence-electron chi connectivity index (χ0n) is 9.69. The van der Waals surface area contributed by atoms with E-state index in [-0.39, 0.29) is 0 Å². The molecule has 0 N–H and O–H groups in total. The van der Waals surface area contributed by atoms with Crippen molar-refractivity contribution in [2.24, 2.45) is 0 Å². The van der Waals surface area contributed by atoms with Gasteiger partial charge in [0.25, 0.3) is 0 Å². The molecular weight excluding hydrogens is 303 g/mol. The zero-order valence-corrected chi connectivity index (χ0v) is 12.0. The molecule has 0 fully saturated rings. The van der Waals surface area contributed by atoms with E-state index >= 15 is 0 Å². The molecule has 0 unspecified atom stereocenters. The Morgan fingerprint density at radius 2 is 2.11 bits per heavy atom. The van der Waals surface area contributed by atoms with Crippen LogP contribution in [0.2, 0.25) is 10.0 Å². The minimum Gasteiger partial charge on any atom is -0.221 e. The lowest BCUT2D eigenvalue weighted by molar-refractivity contribution is 0.955. The maximum Gasteiger partial charge on any atom is 0.213 e. The number of nitrogens with zero attached hydrogens (tertiary/aromatic N) is 4. The molecule has 2 heterocycles. The fraction of sp³-hybridized carbons (Fsp3) is 0.0833. The standard InChI is InChI=1S/C12H6Cl2N4S/c1-6-10(5-15)18-12(16-6)19-11(17-18)7-2-3-8(13)9(14)4-7/h2-4H,1H3. The molecule has 0 aliphatic rings. The summed E-state index contributed by atoms with van der Waals surface area (Å²) in [6.07, 6.45) is 0. The highest BCUT2D eigenvalue weighted by molar-refractivity contribution is 7.19. The van der Waals surface area contributed by atoms with E-state index in [9.17, 15) is 0 Å². The van der Waals surface area contributed by atoms with Crippen LogP contribution in [0.4, 0.5) is 0 Å². The van der Waals surface area contributed by atoms with Gasteiger partial charge >= 0.3 is 0 Å². The van der Waals surface area contributed by atoms with E-state index in [1.54, 1.807) is 23.6 Å². The third kappa shape index (κ3) is 1.98. The van der Waals surface area contributed by atoms with Crippen LogP contribution in [-0.4, -0.2) is 14.6 Å². The number of hydrogen-bond acceptors (Lipinski definition) is 4. The van der Waals surface area contributed by atoms with Gasteiger partial charge in [-0.05, 0) is 19.1 Å². The molecule has 3 aromatic rings. The number of fused-ring (bicyclic) bond motifs is 1. The maximum absolute atomic E-state index is 9.08. The van der Waals surface area contributed by atoms with Crippen LogP contribution in [0.25, 0.3) is 15.5 Å². The minimum absolute atomic E-state index is 0.456. The van der Waals surface area contributed by atoms with Gasteiger partial charge in [0.1, 0.15) is 11.1 Å². The quantitative estimate of drug-likeness (QED) is 0.684. The van der Waals surface area contributed by atoms with E-state index in [4.69, 9.17) is 28.5 Å². The highest BCUT2D eigenvalue weighted by Crippen LogP contribution is 2.31. The molecule has 0 aliphatic carbocycles. The molecule has 0 bridgehead atoms. The summed E-state index contributed by atoms with van der Waals surface area (Å²) in [4.78, 5) is 5.00. The van der Waals surface area contributed by atoms with Crippen molar-refractivity contribution in [3.8, 4) is 16.6 Å². The predicted octanol–water partition coefficient (Wildman–Crippen LogP) is 3.94. The summed E-state index contributed by atoms with van der Waals surface area (Å²) in [6.45, 7) is 1.79. The molecule has 4 nitrogen and oxygen atoms in total. The zero-order chi connectivity index (χ0) is 13.6. The molecule has 3 rings (SSSR count). The molecule has 0 amide bonds. The molecule has 0 saturated heterocycles. The molecule has 0 atom stereocenters. The second-order valence-corrected chi connectivity index (χ2v) is 5.66. The summed E-state index contributed by atoms with van der Waals surface area (Å²) in [5.74, 6) is 0. The Balaban J connectivity index is 2.18. The summed E-state index contributed by atoms with van der Waals surface area (Å²) < 4.78 is 1.55. The summed E-state index contributed by atoms with van der Waals surface area (Å²) >= 11 is 13.3. The first-order valence-corrected chi connectivity index (χ1v) is 6.89. The van der Waals surface area contributed by atoms with Crippen molar-refractivity contribution in [3.63, 3.8) is 0 Å². The van der Waals surface area contributed by atoms with Gasteiger partial charge in [0.15, 0.2) is 5.69 Å². The van der Waals surface area contributed by atoms with E-state index in [2.05, 4.69) is 16.2 Å². The molecule has 1 aromatic carbocycles. The smallest absolute Gasteiger partial charge is 0.213 e. The lowest BCUT2D eigenvalue weighted by atomic mass is 10.2. The largest absolute Gasteiger partial charge is 0.221 e. The van der Waals surface area contributed by atoms with Gasteiger partial charge in [0.05, 0.1) is 15.7 Å². The normalized spacial score (nSPS) is 10.8. The lowest BCUT2D eigenvalue weighted by Crippen LogP contribution is -1.90. The van der Waals surface area contributed by atoms with Crippen LogP contribution in [0, 0.1) is 18.3 Å². The van der Waals surface area contributed by atoms with Crippen molar-refractivity contribution in [3.05, 3.63) is 39.6 Å². The molecule has 94 valence electrons. The topological polar surface area (TPSA) is 54.0 Å². The van der Waals surface area contributed by atoms with Crippen LogP contribution < -0.4 is 0 Å². The van der Waals surface area contributed by atoms with Gasteiger partial charge < -0.3 is 0 Å². The maximum atomic E-state index is 9.08. The summed E-state index contributed by atoms with van der Waals surface area (Å²) in [7, 11) is 0. The highest BCUT2D eigenvalue weighted by Gasteiger charge is 2.14. The Morgan fingerprint density at radius 3 is 2.79 bits per heavy atom. The van der Waals surface area contributed by atoms with Crippen LogP contribution in [0.5, 0.6) is 0 Å². The van der Waals surface area contributed by atoms with Crippen molar-refractivity contribution >= 4 is 39.5 Å².